The standard InChI is InChI=1S/C12H14N6O2/c1-8(19)15-9-2-4-10(5-3-9)16-11(20)6-18-7-14-12(13)17-18/h2-5,7H,6H2,1H3,(H2,13,17)(H,15,19)(H,16,20). The average Bonchev–Trinajstić information content (AvgIpc) is 2.76. The summed E-state index contributed by atoms with van der Waals surface area (Å²) in [5, 5.41) is 9.15. The number of nitrogens with two attached hydrogens (primary N) is 1. The van der Waals surface area contributed by atoms with Gasteiger partial charge in [0.05, 0.1) is 0 Å². The van der Waals surface area contributed by atoms with Crippen molar-refractivity contribution in [3.8, 4) is 0 Å². The summed E-state index contributed by atoms with van der Waals surface area (Å²) in [6.07, 6.45) is 1.38. The fourth-order valence-corrected chi connectivity index (χ4v) is 1.57. The number of benzene rings is 1. The fourth-order valence-electron chi connectivity index (χ4n) is 1.57. The fraction of sp³-hybridized carbons (Fsp3) is 0.167. The van der Waals surface area contributed by atoms with Gasteiger partial charge in [-0.3, -0.25) is 9.59 Å². The molecule has 2 rings (SSSR count). The van der Waals surface area contributed by atoms with Gasteiger partial charge in [0.25, 0.3) is 0 Å². The summed E-state index contributed by atoms with van der Waals surface area (Å²) in [6, 6.07) is 6.78. The number of carbonyl (C=O) groups is 2. The maximum Gasteiger partial charge on any atom is 0.246 e. The van der Waals surface area contributed by atoms with Gasteiger partial charge in [-0.15, -0.1) is 5.10 Å². The maximum atomic E-state index is 11.7. The van der Waals surface area contributed by atoms with Crippen molar-refractivity contribution >= 4 is 29.1 Å². The van der Waals surface area contributed by atoms with E-state index in [4.69, 9.17) is 5.73 Å². The molecule has 0 radical (unpaired) electrons. The van der Waals surface area contributed by atoms with E-state index < -0.39 is 0 Å². The van der Waals surface area contributed by atoms with E-state index in [1.165, 1.54) is 17.9 Å². The van der Waals surface area contributed by atoms with E-state index in [-0.39, 0.29) is 24.3 Å². The second-order valence-corrected chi connectivity index (χ2v) is 4.11. The number of carbonyl (C=O) groups excluding carboxylic acids is 2. The number of nitrogens with one attached hydrogen (secondary N) is 2. The van der Waals surface area contributed by atoms with Gasteiger partial charge in [0.2, 0.25) is 17.8 Å². The van der Waals surface area contributed by atoms with Crippen LogP contribution in [0, 0.1) is 0 Å². The summed E-state index contributed by atoms with van der Waals surface area (Å²) >= 11 is 0. The van der Waals surface area contributed by atoms with Crippen molar-refractivity contribution in [3.05, 3.63) is 30.6 Å². The lowest BCUT2D eigenvalue weighted by molar-refractivity contribution is -0.117. The molecule has 0 saturated carbocycles. The molecule has 0 bridgehead atoms. The average molecular weight is 274 g/mol. The van der Waals surface area contributed by atoms with E-state index in [2.05, 4.69) is 20.7 Å². The Balaban J connectivity index is 1.92. The van der Waals surface area contributed by atoms with Gasteiger partial charge in [-0.05, 0) is 24.3 Å². The zero-order valence-corrected chi connectivity index (χ0v) is 10.8. The Morgan fingerprint density at radius 3 is 2.30 bits per heavy atom. The van der Waals surface area contributed by atoms with Crippen LogP contribution in [-0.4, -0.2) is 26.6 Å². The molecule has 0 spiro atoms. The molecule has 0 aliphatic heterocycles. The Bertz CT molecular complexity index is 619. The lowest BCUT2D eigenvalue weighted by atomic mass is 10.2. The topological polar surface area (TPSA) is 115 Å². The van der Waals surface area contributed by atoms with Crippen LogP contribution < -0.4 is 16.4 Å². The number of hydrogen-bond acceptors (Lipinski definition) is 5. The van der Waals surface area contributed by atoms with Gasteiger partial charge in [-0.1, -0.05) is 0 Å². The predicted molar refractivity (Wildman–Crippen MR) is 73.8 cm³/mol. The number of nitrogen functional groups attached to an aromatic ring is 1. The SMILES string of the molecule is CC(=O)Nc1ccc(NC(=O)Cn2cnc(N)n2)cc1. The molecule has 0 fully saturated rings. The minimum Gasteiger partial charge on any atom is -0.367 e. The predicted octanol–water partition coefficient (Wildman–Crippen LogP) is 0.457. The molecule has 0 atom stereocenters. The van der Waals surface area contributed by atoms with E-state index in [0.717, 1.165) is 0 Å². The first-order valence-corrected chi connectivity index (χ1v) is 5.85. The maximum absolute atomic E-state index is 11.7. The summed E-state index contributed by atoms with van der Waals surface area (Å²) in [4.78, 5) is 26.3. The Labute approximate surface area is 115 Å². The highest BCUT2D eigenvalue weighted by Crippen LogP contribution is 2.13. The molecule has 20 heavy (non-hydrogen) atoms. The first kappa shape index (κ1) is 13.5. The van der Waals surface area contributed by atoms with Gasteiger partial charge in [-0.25, -0.2) is 9.67 Å². The zero-order chi connectivity index (χ0) is 14.5. The summed E-state index contributed by atoms with van der Waals surface area (Å²) < 4.78 is 1.34. The van der Waals surface area contributed by atoms with Gasteiger partial charge >= 0.3 is 0 Å². The second kappa shape index (κ2) is 5.83. The third kappa shape index (κ3) is 3.80. The van der Waals surface area contributed by atoms with Crippen LogP contribution in [0.1, 0.15) is 6.92 Å². The highest BCUT2D eigenvalue weighted by atomic mass is 16.2. The van der Waals surface area contributed by atoms with Gasteiger partial charge in [-0.2, -0.15) is 0 Å². The summed E-state index contributed by atoms with van der Waals surface area (Å²) in [7, 11) is 0. The van der Waals surface area contributed by atoms with Crippen molar-refractivity contribution in [2.45, 2.75) is 13.5 Å². The van der Waals surface area contributed by atoms with E-state index >= 15 is 0 Å². The van der Waals surface area contributed by atoms with Gasteiger partial charge in [0.1, 0.15) is 12.9 Å². The molecule has 0 unspecified atom stereocenters. The molecule has 2 aromatic rings. The van der Waals surface area contributed by atoms with Crippen molar-refractivity contribution < 1.29 is 9.59 Å². The molecule has 8 nitrogen and oxygen atoms in total. The highest BCUT2D eigenvalue weighted by molar-refractivity contribution is 5.92. The molecular formula is C12H14N6O2. The van der Waals surface area contributed by atoms with Crippen molar-refractivity contribution in [2.24, 2.45) is 0 Å². The Morgan fingerprint density at radius 1 is 1.20 bits per heavy atom. The van der Waals surface area contributed by atoms with Crippen LogP contribution in [0.5, 0.6) is 0 Å². The minimum absolute atomic E-state index is 0.0254. The van der Waals surface area contributed by atoms with Crippen molar-refractivity contribution in [2.75, 3.05) is 16.4 Å². The molecule has 0 aliphatic carbocycles. The van der Waals surface area contributed by atoms with Crippen LogP contribution in [0.25, 0.3) is 0 Å². The quantitative estimate of drug-likeness (QED) is 0.749. The zero-order valence-electron chi connectivity index (χ0n) is 10.8. The van der Waals surface area contributed by atoms with Crippen LogP contribution in [0.15, 0.2) is 30.6 Å². The number of nitrogens with zero attached hydrogens (tertiary/aromatic N) is 3. The molecular weight excluding hydrogens is 260 g/mol. The number of rotatable bonds is 4. The number of anilines is 3. The third-order valence-electron chi connectivity index (χ3n) is 2.35. The molecule has 1 aromatic heterocycles. The molecule has 8 heteroatoms. The van der Waals surface area contributed by atoms with Gasteiger partial charge < -0.3 is 16.4 Å². The molecule has 0 saturated heterocycles. The molecule has 1 aromatic carbocycles. The second-order valence-electron chi connectivity index (χ2n) is 4.11. The van der Waals surface area contributed by atoms with E-state index in [9.17, 15) is 9.59 Å². The van der Waals surface area contributed by atoms with Crippen LogP contribution in [0.4, 0.5) is 17.3 Å². The summed E-state index contributed by atoms with van der Waals surface area (Å²) in [5.41, 5.74) is 6.64. The van der Waals surface area contributed by atoms with Crippen molar-refractivity contribution in [1.82, 2.24) is 14.8 Å². The Kier molecular flexibility index (Phi) is 3.94. The Morgan fingerprint density at radius 2 is 1.80 bits per heavy atom. The molecule has 2 amide bonds. The molecule has 0 aliphatic rings. The first-order valence-electron chi connectivity index (χ1n) is 5.85. The summed E-state index contributed by atoms with van der Waals surface area (Å²) in [6.45, 7) is 1.46. The van der Waals surface area contributed by atoms with Crippen LogP contribution in [0.3, 0.4) is 0 Å². The van der Waals surface area contributed by atoms with Crippen LogP contribution in [0.2, 0.25) is 0 Å². The minimum atomic E-state index is -0.248. The van der Waals surface area contributed by atoms with Crippen LogP contribution >= 0.6 is 0 Å². The lowest BCUT2D eigenvalue weighted by Gasteiger charge is -2.06. The van der Waals surface area contributed by atoms with Crippen molar-refractivity contribution in [3.63, 3.8) is 0 Å². The molecule has 4 N–H and O–H groups in total. The molecule has 1 heterocycles. The monoisotopic (exact) mass is 274 g/mol. The number of hydrogen-bond donors (Lipinski definition) is 3. The van der Waals surface area contributed by atoms with Crippen molar-refractivity contribution in [1.29, 1.82) is 0 Å². The summed E-state index contributed by atoms with van der Waals surface area (Å²) in [5.74, 6) is -0.273. The molecule has 104 valence electrons. The highest BCUT2D eigenvalue weighted by Gasteiger charge is 2.05. The first-order chi connectivity index (χ1) is 9.52. The Hall–Kier alpha value is -2.90. The van der Waals surface area contributed by atoms with Gasteiger partial charge in [0.15, 0.2) is 0 Å². The third-order valence-corrected chi connectivity index (χ3v) is 2.35. The lowest BCUT2D eigenvalue weighted by Crippen LogP contribution is -2.19. The van der Waals surface area contributed by atoms with E-state index in [1.807, 2.05) is 0 Å². The number of amides is 2. The van der Waals surface area contributed by atoms with E-state index in [0.29, 0.717) is 11.4 Å². The normalized spacial score (nSPS) is 10.1. The number of aromatic nitrogens is 3. The van der Waals surface area contributed by atoms with E-state index in [1.54, 1.807) is 24.3 Å². The van der Waals surface area contributed by atoms with Crippen LogP contribution in [-0.2, 0) is 16.1 Å². The smallest absolute Gasteiger partial charge is 0.246 e. The van der Waals surface area contributed by atoms with Gasteiger partial charge in [0, 0.05) is 18.3 Å². The largest absolute Gasteiger partial charge is 0.367 e.